The Hall–Kier alpha value is -5.15. The number of rotatable bonds is 5. The molecule has 4 heteroatoms. The molecule has 0 saturated carbocycles. The van der Waals surface area contributed by atoms with Crippen molar-refractivity contribution >= 4 is 21.9 Å². The molecule has 0 aliphatic heterocycles. The van der Waals surface area contributed by atoms with Crippen LogP contribution in [0.2, 0.25) is 0 Å². The Morgan fingerprint density at radius 1 is 0.630 bits per heavy atom. The first-order chi connectivity index (χ1) is 22.2. The summed E-state index contributed by atoms with van der Waals surface area (Å²) in [5.41, 5.74) is 11.6. The number of pyridine rings is 2. The smallest absolute Gasteiger partial charge is 0.120 e. The van der Waals surface area contributed by atoms with Crippen LogP contribution >= 0.6 is 0 Å². The molecule has 0 bridgehead atoms. The molecule has 8 rings (SSSR count). The number of nitrogens with zero attached hydrogens (tertiary/aromatic N) is 2. The monoisotopic (exact) mass is 771 g/mol. The van der Waals surface area contributed by atoms with Crippen molar-refractivity contribution in [1.29, 1.82) is 0 Å². The Labute approximate surface area is 283 Å². The molecule has 0 spiro atoms. The van der Waals surface area contributed by atoms with Crippen molar-refractivity contribution in [2.45, 2.75) is 13.3 Å². The maximum absolute atomic E-state index is 6.14. The SMILES string of the molecule is Cc1cnc(-c2[c-]ccc3c2oc2ccccc23)cc1-c1ccccc1.[Ir].[c-]1ccccc1-c1cc(Cc2ccccc2)ccn1. The molecule has 46 heavy (non-hydrogen) atoms. The zero-order chi connectivity index (χ0) is 30.4. The van der Waals surface area contributed by atoms with Crippen molar-refractivity contribution in [2.24, 2.45) is 0 Å². The molecule has 0 saturated heterocycles. The third kappa shape index (κ3) is 6.74. The van der Waals surface area contributed by atoms with E-state index in [-0.39, 0.29) is 20.1 Å². The number of fused-ring (bicyclic) bond motifs is 3. The Morgan fingerprint density at radius 3 is 2.20 bits per heavy atom. The third-order valence-electron chi connectivity index (χ3n) is 7.84. The number of benzene rings is 5. The van der Waals surface area contributed by atoms with Crippen LogP contribution < -0.4 is 0 Å². The molecule has 5 aromatic carbocycles. The second-order valence-electron chi connectivity index (χ2n) is 10.9. The maximum Gasteiger partial charge on any atom is 0.120 e. The largest absolute Gasteiger partial charge is 0.501 e. The fraction of sp³-hybridized carbons (Fsp3) is 0.0476. The molecule has 0 fully saturated rings. The average Bonchev–Trinajstić information content (AvgIpc) is 3.49. The molecule has 1 radical (unpaired) electrons. The quantitative estimate of drug-likeness (QED) is 0.164. The van der Waals surface area contributed by atoms with E-state index < -0.39 is 0 Å². The first-order valence-electron chi connectivity index (χ1n) is 15.0. The van der Waals surface area contributed by atoms with E-state index in [2.05, 4.69) is 108 Å². The molecule has 3 nitrogen and oxygen atoms in total. The minimum atomic E-state index is 0. The van der Waals surface area contributed by atoms with E-state index in [1.165, 1.54) is 22.3 Å². The van der Waals surface area contributed by atoms with Crippen LogP contribution in [-0.4, -0.2) is 9.97 Å². The second kappa shape index (κ2) is 14.3. The summed E-state index contributed by atoms with van der Waals surface area (Å²) in [6, 6.07) is 53.8. The predicted octanol–water partition coefficient (Wildman–Crippen LogP) is 10.6. The summed E-state index contributed by atoms with van der Waals surface area (Å²) in [5, 5.41) is 2.21. The maximum atomic E-state index is 6.14. The van der Waals surface area contributed by atoms with Gasteiger partial charge in [0.2, 0.25) is 0 Å². The summed E-state index contributed by atoms with van der Waals surface area (Å²) in [6.45, 7) is 2.09. The van der Waals surface area contributed by atoms with Crippen LogP contribution in [0.25, 0.3) is 55.6 Å². The van der Waals surface area contributed by atoms with Gasteiger partial charge in [0.15, 0.2) is 0 Å². The van der Waals surface area contributed by atoms with Crippen molar-refractivity contribution in [2.75, 3.05) is 0 Å². The zero-order valence-electron chi connectivity index (χ0n) is 25.3. The first-order valence-corrected chi connectivity index (χ1v) is 15.0. The van der Waals surface area contributed by atoms with Gasteiger partial charge in [-0.15, -0.1) is 54.1 Å². The van der Waals surface area contributed by atoms with Crippen LogP contribution in [0.1, 0.15) is 16.7 Å². The van der Waals surface area contributed by atoms with Gasteiger partial charge in [0.25, 0.3) is 0 Å². The predicted molar refractivity (Wildman–Crippen MR) is 184 cm³/mol. The number of furan rings is 1. The number of aromatic nitrogens is 2. The van der Waals surface area contributed by atoms with E-state index in [4.69, 9.17) is 4.42 Å². The Morgan fingerprint density at radius 2 is 1.39 bits per heavy atom. The fourth-order valence-electron chi connectivity index (χ4n) is 5.59. The summed E-state index contributed by atoms with van der Waals surface area (Å²) in [7, 11) is 0. The second-order valence-corrected chi connectivity index (χ2v) is 10.9. The van der Waals surface area contributed by atoms with Gasteiger partial charge in [-0.25, -0.2) is 0 Å². The molecule has 0 N–H and O–H groups in total. The molecule has 3 heterocycles. The average molecular weight is 771 g/mol. The van der Waals surface area contributed by atoms with Gasteiger partial charge in [0.05, 0.1) is 5.58 Å². The Kier molecular flexibility index (Phi) is 9.59. The van der Waals surface area contributed by atoms with Crippen LogP contribution in [0.4, 0.5) is 0 Å². The number of hydrogen-bond donors (Lipinski definition) is 0. The van der Waals surface area contributed by atoms with Gasteiger partial charge in [-0.2, -0.15) is 0 Å². The molecule has 225 valence electrons. The van der Waals surface area contributed by atoms with Crippen molar-refractivity contribution < 1.29 is 24.5 Å². The normalized spacial score (nSPS) is 10.6. The molecule has 3 aromatic heterocycles. The van der Waals surface area contributed by atoms with E-state index in [9.17, 15) is 0 Å². The van der Waals surface area contributed by atoms with Crippen LogP contribution in [0.5, 0.6) is 0 Å². The molecule has 0 atom stereocenters. The van der Waals surface area contributed by atoms with Crippen LogP contribution in [0, 0.1) is 19.1 Å². The molecule has 0 aliphatic carbocycles. The van der Waals surface area contributed by atoms with Crippen LogP contribution in [0.15, 0.2) is 156 Å². The van der Waals surface area contributed by atoms with Gasteiger partial charge in [-0.3, -0.25) is 0 Å². The van der Waals surface area contributed by atoms with Crippen molar-refractivity contribution in [3.8, 4) is 33.6 Å². The number of hydrogen-bond acceptors (Lipinski definition) is 3. The van der Waals surface area contributed by atoms with E-state index in [1.54, 1.807) is 0 Å². The van der Waals surface area contributed by atoms with E-state index in [0.29, 0.717) is 0 Å². The third-order valence-corrected chi connectivity index (χ3v) is 7.84. The molecule has 0 amide bonds. The summed E-state index contributed by atoms with van der Waals surface area (Å²) in [5.74, 6) is 0. The van der Waals surface area contributed by atoms with Crippen molar-refractivity contribution in [3.05, 3.63) is 181 Å². The molecule has 8 aromatic rings. The minimum absolute atomic E-state index is 0. The Balaban J connectivity index is 0.000000166. The topological polar surface area (TPSA) is 38.9 Å². The van der Waals surface area contributed by atoms with Crippen molar-refractivity contribution in [1.82, 2.24) is 9.97 Å². The van der Waals surface area contributed by atoms with Gasteiger partial charge in [-0.05, 0) is 64.7 Å². The molecular weight excluding hydrogens is 741 g/mol. The van der Waals surface area contributed by atoms with Gasteiger partial charge < -0.3 is 14.4 Å². The standard InChI is InChI=1S/C24H16NO.C18H14N.Ir/c1-16-15-25-22(14-21(16)17-8-3-2-4-9-17)20-12-7-11-19-18-10-5-6-13-23(18)26-24(19)20;1-3-7-15(8-4-1)13-16-11-12-19-18(14-16)17-9-5-2-6-10-17;/h2-11,13-15H,1H3;1-9,11-12,14H,13H2;/q2*-1;. The summed E-state index contributed by atoms with van der Waals surface area (Å²) in [4.78, 5) is 9.08. The number of para-hydroxylation sites is 1. The molecular formula is C42H30IrN2O-2. The molecule has 0 unspecified atom stereocenters. The van der Waals surface area contributed by atoms with Crippen molar-refractivity contribution in [3.63, 3.8) is 0 Å². The summed E-state index contributed by atoms with van der Waals surface area (Å²) >= 11 is 0. The minimum Gasteiger partial charge on any atom is -0.501 e. The van der Waals surface area contributed by atoms with E-state index in [1.807, 2.05) is 73.1 Å². The van der Waals surface area contributed by atoms with Gasteiger partial charge in [0.1, 0.15) is 5.58 Å². The van der Waals surface area contributed by atoms with Gasteiger partial charge in [-0.1, -0.05) is 102 Å². The van der Waals surface area contributed by atoms with E-state index in [0.717, 1.165) is 56.4 Å². The van der Waals surface area contributed by atoms with Gasteiger partial charge in [0, 0.05) is 37.9 Å². The summed E-state index contributed by atoms with van der Waals surface area (Å²) < 4.78 is 6.14. The Bertz CT molecular complexity index is 2190. The van der Waals surface area contributed by atoms with Crippen LogP contribution in [-0.2, 0) is 26.5 Å². The van der Waals surface area contributed by atoms with Crippen LogP contribution in [0.3, 0.4) is 0 Å². The number of aryl methyl sites for hydroxylation is 1. The fourth-order valence-corrected chi connectivity index (χ4v) is 5.59. The first kappa shape index (κ1) is 30.9. The van der Waals surface area contributed by atoms with E-state index >= 15 is 0 Å². The molecule has 0 aliphatic rings. The van der Waals surface area contributed by atoms with Gasteiger partial charge >= 0.3 is 0 Å². The summed E-state index contributed by atoms with van der Waals surface area (Å²) in [6.07, 6.45) is 4.73. The zero-order valence-corrected chi connectivity index (χ0v) is 27.7.